The Morgan fingerprint density at radius 3 is 0.950 bits per heavy atom. The second-order valence-electron chi connectivity index (χ2n) is 21.5. The van der Waals surface area contributed by atoms with Crippen molar-refractivity contribution in [2.24, 2.45) is 11.5 Å². The lowest BCUT2D eigenvalue weighted by Gasteiger charge is -2.35. The summed E-state index contributed by atoms with van der Waals surface area (Å²) in [5, 5.41) is 14.8. The van der Waals surface area contributed by atoms with Crippen LogP contribution < -0.4 is 11.5 Å². The third-order valence-corrected chi connectivity index (χ3v) is 39.4. The van der Waals surface area contributed by atoms with Gasteiger partial charge in [0.15, 0.2) is 25.0 Å². The van der Waals surface area contributed by atoms with Crippen molar-refractivity contribution in [3.8, 4) is 0 Å². The molecule has 0 heterocycles. The van der Waals surface area contributed by atoms with Gasteiger partial charge in [0, 0.05) is 96.5 Å². The van der Waals surface area contributed by atoms with Crippen LogP contribution in [-0.4, -0.2) is 208 Å². The van der Waals surface area contributed by atoms with E-state index in [-0.39, 0.29) is 0 Å². The normalized spacial score (nSPS) is 12.4. The van der Waals surface area contributed by atoms with Crippen molar-refractivity contribution in [3.63, 3.8) is 0 Å². The first kappa shape index (κ1) is 92.8. The van der Waals surface area contributed by atoms with Crippen LogP contribution in [-0.2, 0) is 92.9 Å². The van der Waals surface area contributed by atoms with Gasteiger partial charge in [-0.2, -0.15) is 0 Å². The van der Waals surface area contributed by atoms with E-state index in [1.165, 1.54) is 75.0 Å². The van der Waals surface area contributed by atoms with E-state index in [0.717, 1.165) is 39.8 Å². The van der Waals surface area contributed by atoms with E-state index in [0.29, 0.717) is 5.54 Å². The molecule has 0 bridgehead atoms. The molecule has 0 radical (unpaired) electrons. The Balaban J connectivity index is -0.000000161. The smallest absolute Gasteiger partial charge is 0.495 e. The minimum atomic E-state index is -3.49. The van der Waals surface area contributed by atoms with Gasteiger partial charge in [0.05, 0.1) is 0 Å². The average molecular weight is 1350 g/mol. The third kappa shape index (κ3) is 63.1. The van der Waals surface area contributed by atoms with Crippen LogP contribution in [0.1, 0.15) is 61.3 Å². The number of carboxylic acid groups (broad SMARTS) is 2. The fourth-order valence-electron chi connectivity index (χ4n) is 6.41. The molecule has 27 nitrogen and oxygen atoms in total. The van der Waals surface area contributed by atoms with Crippen LogP contribution in [0.15, 0.2) is 0 Å². The van der Waals surface area contributed by atoms with E-state index < -0.39 is 125 Å². The molecule has 0 aliphatic heterocycles. The van der Waals surface area contributed by atoms with Crippen LogP contribution in [0.2, 0.25) is 122 Å². The quantitative estimate of drug-likeness (QED) is 0.0452. The Morgan fingerprint density at radius 1 is 0.463 bits per heavy atom. The summed E-state index contributed by atoms with van der Waals surface area (Å²) in [4.78, 5) is 70.0. The summed E-state index contributed by atoms with van der Waals surface area (Å²) in [5.74, 6) is -3.43. The van der Waals surface area contributed by atoms with Crippen molar-refractivity contribution in [2.75, 3.05) is 62.9 Å². The van der Waals surface area contributed by atoms with E-state index in [2.05, 4.69) is 59.7 Å². The standard InChI is InChI=1S/C10H28N2OSi2.C9H18O7Si2.C8H22O3Si2.C6H20O4Si3.C5H16O6Si2.2C2H4O2/c1-14(2,9-5-7-11)13-15(3,4)10-6-8-12;1-7(10)13-17(4,5)16-18(6,14-8(2)11)15-9(3)12;1-8(2)13(9-3,10-4)11-12(5,6)7;1-11(2,7)9-13(5,6)10-12(3,4)8;1-6-12(7-2)11-13(8-3,9-4)10-5;2*1-2(3)4/h5-12H2,1-4H3;1-6H3;8H,1-7H3;7-8H,1-6H3;12H,1-5H3;2*1H3,(H,3,4). The van der Waals surface area contributed by atoms with Gasteiger partial charge in [0.25, 0.3) is 29.8 Å². The molecule has 0 rings (SSSR count). The third-order valence-electron chi connectivity index (χ3n) is 8.09. The Kier molecular flexibility index (Phi) is 51.6. The Bertz CT molecular complexity index is 1580. The van der Waals surface area contributed by atoms with Crippen LogP contribution in [0, 0.1) is 0 Å². The van der Waals surface area contributed by atoms with Gasteiger partial charge in [-0.15, -0.1) is 0 Å². The molecule has 0 fully saturated rings. The van der Waals surface area contributed by atoms with Crippen LogP contribution in [0.5, 0.6) is 0 Å². The SMILES string of the molecule is CC(=O)O.CC(=O)O.CC(=O)O[Si](C)(C)O[Si](C)(OC(C)=O)OC(C)=O.CO[SiH](OC)O[Si](OC)(OC)OC.CO[Si](OC)(O[Si](C)(C)C)C(C)C.C[Si](C)(CCCN)O[Si](C)(C)CCCN.C[Si](C)(O)O[Si](C)(C)O[Si](C)(C)O. The molecule has 0 unspecified atom stereocenters. The number of hydrogen-bond donors (Lipinski definition) is 6. The van der Waals surface area contributed by atoms with Gasteiger partial charge in [-0.05, 0) is 136 Å². The molecule has 0 saturated carbocycles. The van der Waals surface area contributed by atoms with Crippen molar-refractivity contribution in [1.29, 1.82) is 0 Å². The number of carbonyl (C=O) groups excluding carboxylic acids is 3. The van der Waals surface area contributed by atoms with Crippen LogP contribution in [0.3, 0.4) is 0 Å². The summed E-state index contributed by atoms with van der Waals surface area (Å²) < 4.78 is 85.0. The van der Waals surface area contributed by atoms with Gasteiger partial charge < -0.3 is 100 Å². The molecule has 0 aromatic heterocycles. The van der Waals surface area contributed by atoms with Gasteiger partial charge in [-0.1, -0.05) is 13.8 Å². The Labute approximate surface area is 493 Å². The molecule has 0 aromatic carbocycles. The molecular formula is C42H112N2O25Si11. The number of rotatable bonds is 29. The first-order valence-corrected chi connectivity index (χ1v) is 53.5. The average Bonchev–Trinajstić information content (AvgIpc) is 3.21. The topological polar surface area (TPSA) is 366 Å². The molecule has 80 heavy (non-hydrogen) atoms. The summed E-state index contributed by atoms with van der Waals surface area (Å²) in [6.45, 7) is 42.2. The zero-order valence-electron chi connectivity index (χ0n) is 54.4. The monoisotopic (exact) mass is 1350 g/mol. The predicted octanol–water partition coefficient (Wildman–Crippen LogP) is 6.23. The van der Waals surface area contributed by atoms with E-state index in [1.54, 1.807) is 53.5 Å². The molecule has 0 aliphatic carbocycles. The molecule has 0 spiro atoms. The van der Waals surface area contributed by atoms with E-state index in [1.807, 2.05) is 13.1 Å². The van der Waals surface area contributed by atoms with Gasteiger partial charge in [0.1, 0.15) is 0 Å². The summed E-state index contributed by atoms with van der Waals surface area (Å²) in [5.41, 5.74) is 11.4. The molecular weight excluding hydrogens is 1240 g/mol. The second-order valence-corrected chi connectivity index (χ2v) is 59.4. The summed E-state index contributed by atoms with van der Waals surface area (Å²) in [7, 11) is -15.2. The molecule has 0 aliphatic rings. The summed E-state index contributed by atoms with van der Waals surface area (Å²) >= 11 is 0. The molecule has 0 amide bonds. The van der Waals surface area contributed by atoms with Crippen LogP contribution in [0.25, 0.3) is 0 Å². The van der Waals surface area contributed by atoms with Gasteiger partial charge in [0.2, 0.25) is 0 Å². The van der Waals surface area contributed by atoms with Crippen molar-refractivity contribution in [3.05, 3.63) is 0 Å². The first-order valence-electron chi connectivity index (χ1n) is 25.4. The molecule has 0 aromatic rings. The molecule has 8 N–H and O–H groups in total. The van der Waals surface area contributed by atoms with E-state index >= 15 is 0 Å². The second kappa shape index (κ2) is 44.5. The summed E-state index contributed by atoms with van der Waals surface area (Å²) in [6.07, 6.45) is 2.20. The Morgan fingerprint density at radius 2 is 0.762 bits per heavy atom. The fraction of sp³-hybridized carbons (Fsp3) is 0.881. The zero-order chi connectivity index (χ0) is 65.6. The minimum Gasteiger partial charge on any atom is -0.495 e. The highest BCUT2D eigenvalue weighted by Crippen LogP contribution is 2.27. The predicted molar refractivity (Wildman–Crippen MR) is 332 cm³/mol. The lowest BCUT2D eigenvalue weighted by molar-refractivity contribution is -0.142. The number of hydrogen-bond acceptors (Lipinski definition) is 25. The minimum absolute atomic E-state index is 0.314. The Hall–Kier alpha value is -0.944. The van der Waals surface area contributed by atoms with Crippen molar-refractivity contribution in [2.45, 2.75) is 184 Å². The van der Waals surface area contributed by atoms with Crippen molar-refractivity contribution >= 4 is 125 Å². The van der Waals surface area contributed by atoms with Gasteiger partial charge in [-0.25, -0.2) is 0 Å². The van der Waals surface area contributed by atoms with Gasteiger partial charge >= 0.3 is 70.4 Å². The zero-order valence-corrected chi connectivity index (χ0v) is 65.6. The fourth-order valence-corrected chi connectivity index (χ4v) is 41.0. The number of nitrogens with two attached hydrogens (primary N) is 2. The molecule has 484 valence electrons. The van der Waals surface area contributed by atoms with E-state index in [4.69, 9.17) is 100 Å². The maximum Gasteiger partial charge on any atom is 0.671 e. The molecule has 0 atom stereocenters. The largest absolute Gasteiger partial charge is 0.671 e. The number of aliphatic carboxylic acids is 2. The maximum absolute atomic E-state index is 11.0. The first-order chi connectivity index (χ1) is 35.6. The summed E-state index contributed by atoms with van der Waals surface area (Å²) in [6, 6.07) is 2.37. The van der Waals surface area contributed by atoms with Gasteiger partial charge in [-0.3, -0.25) is 24.0 Å². The molecule has 0 saturated heterocycles. The lowest BCUT2D eigenvalue weighted by Crippen LogP contribution is -2.54. The number of carbonyl (C=O) groups is 5. The van der Waals surface area contributed by atoms with Crippen LogP contribution in [0.4, 0.5) is 0 Å². The number of carboxylic acids is 2. The van der Waals surface area contributed by atoms with E-state index in [9.17, 15) is 24.0 Å². The highest BCUT2D eigenvalue weighted by molar-refractivity contribution is 6.85. The molecule has 38 heteroatoms. The maximum atomic E-state index is 11.0. The highest BCUT2D eigenvalue weighted by Gasteiger charge is 2.50. The highest BCUT2D eigenvalue weighted by atomic mass is 28.5. The van der Waals surface area contributed by atoms with Crippen LogP contribution >= 0.6 is 0 Å². The van der Waals surface area contributed by atoms with Crippen molar-refractivity contribution in [1.82, 2.24) is 0 Å². The van der Waals surface area contributed by atoms with Crippen molar-refractivity contribution < 1.29 is 113 Å². The lowest BCUT2D eigenvalue weighted by atomic mass is 10.5.